The van der Waals surface area contributed by atoms with Crippen LogP contribution in [0.4, 0.5) is 0 Å². The van der Waals surface area contributed by atoms with Crippen molar-refractivity contribution >= 4 is 29.5 Å². The molecule has 0 aliphatic carbocycles. The molecule has 0 bridgehead atoms. The summed E-state index contributed by atoms with van der Waals surface area (Å²) in [7, 11) is 0. The van der Waals surface area contributed by atoms with Crippen molar-refractivity contribution in [1.29, 1.82) is 0 Å². The summed E-state index contributed by atoms with van der Waals surface area (Å²) in [5, 5.41) is 9.53. The predicted molar refractivity (Wildman–Crippen MR) is 127 cm³/mol. The van der Waals surface area contributed by atoms with Crippen LogP contribution in [0.3, 0.4) is 0 Å². The Morgan fingerprint density at radius 3 is 2.55 bits per heavy atom. The number of fused-ring (bicyclic) bond motifs is 2. The van der Waals surface area contributed by atoms with Crippen LogP contribution in [0.1, 0.15) is 47.5 Å². The van der Waals surface area contributed by atoms with E-state index < -0.39 is 28.2 Å². The van der Waals surface area contributed by atoms with E-state index in [1.807, 2.05) is 29.2 Å². The first-order valence-electron chi connectivity index (χ1n) is 11.8. The zero-order chi connectivity index (χ0) is 24.2. The van der Waals surface area contributed by atoms with Crippen molar-refractivity contribution in [2.75, 3.05) is 26.3 Å². The Bertz CT molecular complexity index is 892. The summed E-state index contributed by atoms with van der Waals surface area (Å²) >= 11 is 1.53. The van der Waals surface area contributed by atoms with Gasteiger partial charge >= 0.3 is 5.97 Å². The summed E-state index contributed by atoms with van der Waals surface area (Å²) in [6, 6.07) is -0.764. The van der Waals surface area contributed by atoms with Crippen molar-refractivity contribution in [1.82, 2.24) is 9.80 Å². The van der Waals surface area contributed by atoms with Crippen molar-refractivity contribution in [2.24, 2.45) is 17.3 Å². The molecule has 0 aromatic carbocycles. The number of carbonyl (C=O) groups excluding carboxylic acids is 3. The van der Waals surface area contributed by atoms with Crippen LogP contribution in [0.15, 0.2) is 24.3 Å². The van der Waals surface area contributed by atoms with E-state index in [9.17, 15) is 19.5 Å². The normalized spacial score (nSPS) is 34.4. The van der Waals surface area contributed by atoms with E-state index in [-0.39, 0.29) is 41.6 Å². The number of thioether (sulfide) groups is 1. The molecule has 1 spiro atoms. The molecule has 0 saturated carbocycles. The number of nitrogens with zero attached hydrogens (tertiary/aromatic N) is 2. The number of carbonyl (C=O) groups is 3. The van der Waals surface area contributed by atoms with Crippen LogP contribution in [0.25, 0.3) is 0 Å². The van der Waals surface area contributed by atoms with Crippen LogP contribution in [-0.2, 0) is 19.1 Å². The fraction of sp³-hybridized carbons (Fsp3) is 0.720. The quantitative estimate of drug-likeness (QED) is 0.495. The van der Waals surface area contributed by atoms with Crippen LogP contribution >= 0.6 is 11.8 Å². The number of cyclic esters (lactones) is 1. The molecular formula is C25H36N2O5S. The summed E-state index contributed by atoms with van der Waals surface area (Å²) in [5.74, 6) is -2.06. The summed E-state index contributed by atoms with van der Waals surface area (Å²) in [6.07, 6.45) is 9.44. The molecule has 4 aliphatic heterocycles. The van der Waals surface area contributed by atoms with Crippen LogP contribution in [0.2, 0.25) is 0 Å². The summed E-state index contributed by atoms with van der Waals surface area (Å²) in [5.41, 5.74) is -0.417. The molecule has 5 atom stereocenters. The topological polar surface area (TPSA) is 87.2 Å². The average Bonchev–Trinajstić information content (AvgIpc) is 3.04. The minimum atomic E-state index is -0.862. The number of hydrogen-bond donors (Lipinski definition) is 1. The number of β-amino-alcohol motifs (C(OH)–C–C–N with tert-alkyl or cyclic N) is 1. The zero-order valence-electron chi connectivity index (χ0n) is 20.2. The van der Waals surface area contributed by atoms with Gasteiger partial charge < -0.3 is 19.6 Å². The molecule has 2 fully saturated rings. The van der Waals surface area contributed by atoms with E-state index in [2.05, 4.69) is 34.6 Å². The van der Waals surface area contributed by atoms with Gasteiger partial charge in [-0.15, -0.1) is 11.8 Å². The SMILES string of the molecule is CC(C)(C)CC(C)(C)N1CC=C[C@]23S[C@@H]4C=CCCOC(=O)[C@@H]4[C@H]2C(=O)N(CCO)C3C1=O. The largest absolute Gasteiger partial charge is 0.465 e. The maximum atomic E-state index is 14.2. The van der Waals surface area contributed by atoms with Crippen molar-refractivity contribution in [3.05, 3.63) is 24.3 Å². The van der Waals surface area contributed by atoms with Crippen molar-refractivity contribution in [3.8, 4) is 0 Å². The van der Waals surface area contributed by atoms with E-state index in [0.29, 0.717) is 19.6 Å². The number of rotatable bonds is 4. The smallest absolute Gasteiger partial charge is 0.311 e. The Morgan fingerprint density at radius 2 is 1.88 bits per heavy atom. The Kier molecular flexibility index (Phi) is 6.23. The summed E-state index contributed by atoms with van der Waals surface area (Å²) < 4.78 is 4.61. The average molecular weight is 477 g/mol. The van der Waals surface area contributed by atoms with Gasteiger partial charge in [0.05, 0.1) is 29.8 Å². The first-order chi connectivity index (χ1) is 15.4. The minimum Gasteiger partial charge on any atom is -0.465 e. The summed E-state index contributed by atoms with van der Waals surface area (Å²) in [4.78, 5) is 44.4. The second-order valence-electron chi connectivity index (χ2n) is 11.4. The number of amides is 2. The lowest BCUT2D eigenvalue weighted by Crippen LogP contribution is -2.59. The number of likely N-dealkylation sites (tertiary alicyclic amines) is 1. The molecule has 1 unspecified atom stereocenters. The third-order valence-electron chi connectivity index (χ3n) is 7.16. The molecule has 4 aliphatic rings. The standard InChI is InChI=1S/C25H36N2O5S/c1-23(2,3)15-24(4,5)27-11-8-10-25-18(20(29)26(12-13-28)19(25)21(27)30)17-16(33-25)9-6-7-14-32-22(17)31/h6,8-10,16-19,28H,7,11-15H2,1-5H3/t16-,17+,18+,19?,25+/m1/s1. The highest BCUT2D eigenvalue weighted by atomic mass is 32.2. The lowest BCUT2D eigenvalue weighted by Gasteiger charge is -2.44. The van der Waals surface area contributed by atoms with Gasteiger partial charge in [-0.05, 0) is 32.1 Å². The van der Waals surface area contributed by atoms with Gasteiger partial charge in [-0.25, -0.2) is 0 Å². The predicted octanol–water partition coefficient (Wildman–Crippen LogP) is 2.39. The second-order valence-corrected chi connectivity index (χ2v) is 12.9. The lowest BCUT2D eigenvalue weighted by molar-refractivity contribution is -0.153. The van der Waals surface area contributed by atoms with E-state index in [1.165, 1.54) is 16.7 Å². The molecule has 7 nitrogen and oxygen atoms in total. The Labute approximate surface area is 200 Å². The maximum absolute atomic E-state index is 14.2. The molecule has 8 heteroatoms. The second kappa shape index (κ2) is 8.45. The van der Waals surface area contributed by atoms with Crippen molar-refractivity contribution in [2.45, 2.75) is 69.0 Å². The molecular weight excluding hydrogens is 440 g/mol. The van der Waals surface area contributed by atoms with Gasteiger partial charge in [-0.2, -0.15) is 0 Å². The highest BCUT2D eigenvalue weighted by Gasteiger charge is 2.71. The van der Waals surface area contributed by atoms with Crippen LogP contribution in [0, 0.1) is 17.3 Å². The monoisotopic (exact) mass is 476 g/mol. The highest BCUT2D eigenvalue weighted by molar-refractivity contribution is 8.02. The van der Waals surface area contributed by atoms with Gasteiger partial charge in [-0.1, -0.05) is 45.1 Å². The molecule has 182 valence electrons. The van der Waals surface area contributed by atoms with Gasteiger partial charge in [0.2, 0.25) is 11.8 Å². The van der Waals surface area contributed by atoms with Gasteiger partial charge in [0, 0.05) is 23.9 Å². The lowest BCUT2D eigenvalue weighted by atomic mass is 9.78. The highest BCUT2D eigenvalue weighted by Crippen LogP contribution is 2.61. The van der Waals surface area contributed by atoms with Crippen LogP contribution < -0.4 is 0 Å². The van der Waals surface area contributed by atoms with E-state index in [1.54, 1.807) is 0 Å². The summed E-state index contributed by atoms with van der Waals surface area (Å²) in [6.45, 7) is 11.2. The minimum absolute atomic E-state index is 0.0123. The van der Waals surface area contributed by atoms with Crippen molar-refractivity contribution in [3.63, 3.8) is 0 Å². The Hall–Kier alpha value is -1.80. The molecule has 2 amide bonds. The molecule has 0 aromatic rings. The van der Waals surface area contributed by atoms with Gasteiger partial charge in [0.25, 0.3) is 0 Å². The van der Waals surface area contributed by atoms with Crippen LogP contribution in [-0.4, -0.2) is 80.6 Å². The Balaban J connectivity index is 1.80. The van der Waals surface area contributed by atoms with Crippen LogP contribution in [0.5, 0.6) is 0 Å². The third kappa shape index (κ3) is 4.03. The fourth-order valence-corrected chi connectivity index (χ4v) is 8.39. The van der Waals surface area contributed by atoms with Gasteiger partial charge in [0.1, 0.15) is 6.04 Å². The first kappa shape index (κ1) is 24.3. The fourth-order valence-electron chi connectivity index (χ4n) is 6.39. The number of aliphatic hydroxyl groups excluding tert-OH is 1. The number of hydrogen-bond acceptors (Lipinski definition) is 6. The third-order valence-corrected chi connectivity index (χ3v) is 8.90. The maximum Gasteiger partial charge on any atom is 0.311 e. The van der Waals surface area contributed by atoms with Gasteiger partial charge in [-0.3, -0.25) is 14.4 Å². The van der Waals surface area contributed by atoms with E-state index in [4.69, 9.17) is 4.74 Å². The van der Waals surface area contributed by atoms with E-state index in [0.717, 1.165) is 6.42 Å². The van der Waals surface area contributed by atoms with E-state index >= 15 is 0 Å². The molecule has 0 radical (unpaired) electrons. The molecule has 33 heavy (non-hydrogen) atoms. The molecule has 1 N–H and O–H groups in total. The number of aliphatic hydroxyl groups is 1. The molecule has 0 aromatic heterocycles. The number of esters is 1. The molecule has 4 heterocycles. The van der Waals surface area contributed by atoms with Crippen molar-refractivity contribution < 1.29 is 24.2 Å². The first-order valence-corrected chi connectivity index (χ1v) is 12.7. The zero-order valence-corrected chi connectivity index (χ0v) is 21.1. The van der Waals surface area contributed by atoms with Gasteiger partial charge in [0.15, 0.2) is 0 Å². The molecule has 2 saturated heterocycles. The Morgan fingerprint density at radius 1 is 1.15 bits per heavy atom. The number of ether oxygens (including phenoxy) is 1. The molecule has 4 rings (SSSR count).